The van der Waals surface area contributed by atoms with Crippen LogP contribution in [0.25, 0.3) is 0 Å². The van der Waals surface area contributed by atoms with E-state index in [4.69, 9.17) is 0 Å². The molecule has 88 valence electrons. The fourth-order valence-corrected chi connectivity index (χ4v) is 1.99. The molecule has 0 aliphatic carbocycles. The van der Waals surface area contributed by atoms with Crippen molar-refractivity contribution in [1.29, 1.82) is 0 Å². The fraction of sp³-hybridized carbons (Fsp3) is 0.462. The second-order valence-corrected chi connectivity index (χ2v) is 4.90. The van der Waals surface area contributed by atoms with Gasteiger partial charge in [0.2, 0.25) is 0 Å². The van der Waals surface area contributed by atoms with Crippen LogP contribution < -0.4 is 0 Å². The SMILES string of the molecule is CCCN(C)CCC(=O)c1cccc(Br)c1. The van der Waals surface area contributed by atoms with E-state index in [1.807, 2.05) is 24.3 Å². The van der Waals surface area contributed by atoms with E-state index in [9.17, 15) is 4.79 Å². The highest BCUT2D eigenvalue weighted by atomic mass is 79.9. The van der Waals surface area contributed by atoms with E-state index in [2.05, 4.69) is 34.8 Å². The summed E-state index contributed by atoms with van der Waals surface area (Å²) >= 11 is 3.37. The highest BCUT2D eigenvalue weighted by Gasteiger charge is 2.07. The van der Waals surface area contributed by atoms with Crippen molar-refractivity contribution in [2.75, 3.05) is 20.1 Å². The largest absolute Gasteiger partial charge is 0.306 e. The molecule has 0 N–H and O–H groups in total. The number of ketones is 1. The highest BCUT2D eigenvalue weighted by molar-refractivity contribution is 9.10. The van der Waals surface area contributed by atoms with Crippen LogP contribution in [0.5, 0.6) is 0 Å². The summed E-state index contributed by atoms with van der Waals surface area (Å²) in [4.78, 5) is 14.0. The lowest BCUT2D eigenvalue weighted by atomic mass is 10.1. The number of Topliss-reactive ketones (excluding diaryl/α,β-unsaturated/α-hetero) is 1. The Bertz CT molecular complexity index is 352. The maximum atomic E-state index is 11.9. The zero-order valence-corrected chi connectivity index (χ0v) is 11.5. The summed E-state index contributed by atoms with van der Waals surface area (Å²) < 4.78 is 0.959. The zero-order valence-electron chi connectivity index (χ0n) is 9.87. The molecular formula is C13H18BrNO. The van der Waals surface area contributed by atoms with E-state index in [0.717, 1.165) is 29.5 Å². The Morgan fingerprint density at radius 1 is 1.38 bits per heavy atom. The van der Waals surface area contributed by atoms with Gasteiger partial charge in [-0.3, -0.25) is 4.79 Å². The molecular weight excluding hydrogens is 266 g/mol. The average Bonchev–Trinajstić information content (AvgIpc) is 2.26. The molecule has 0 fully saturated rings. The van der Waals surface area contributed by atoms with Gasteiger partial charge in [0.1, 0.15) is 0 Å². The summed E-state index contributed by atoms with van der Waals surface area (Å²) in [7, 11) is 2.05. The van der Waals surface area contributed by atoms with E-state index >= 15 is 0 Å². The summed E-state index contributed by atoms with van der Waals surface area (Å²) in [6.07, 6.45) is 1.72. The number of nitrogens with zero attached hydrogens (tertiary/aromatic N) is 1. The second-order valence-electron chi connectivity index (χ2n) is 3.99. The van der Waals surface area contributed by atoms with Crippen molar-refractivity contribution in [1.82, 2.24) is 4.90 Å². The van der Waals surface area contributed by atoms with Gasteiger partial charge in [-0.1, -0.05) is 35.0 Å². The van der Waals surface area contributed by atoms with Gasteiger partial charge in [0.05, 0.1) is 0 Å². The zero-order chi connectivity index (χ0) is 12.0. The highest BCUT2D eigenvalue weighted by Crippen LogP contribution is 2.13. The standard InChI is InChI=1S/C13H18BrNO/c1-3-8-15(2)9-7-13(16)11-5-4-6-12(14)10-11/h4-6,10H,3,7-9H2,1-2H3. The second kappa shape index (κ2) is 6.81. The quantitative estimate of drug-likeness (QED) is 0.746. The van der Waals surface area contributed by atoms with Gasteiger partial charge < -0.3 is 4.90 Å². The summed E-state index contributed by atoms with van der Waals surface area (Å²) in [6.45, 7) is 4.03. The average molecular weight is 284 g/mol. The lowest BCUT2D eigenvalue weighted by Gasteiger charge is -2.14. The molecule has 0 saturated carbocycles. The molecule has 0 spiro atoms. The molecule has 2 nitrogen and oxygen atoms in total. The van der Waals surface area contributed by atoms with Crippen LogP contribution in [0.15, 0.2) is 28.7 Å². The van der Waals surface area contributed by atoms with Gasteiger partial charge in [-0.05, 0) is 32.1 Å². The van der Waals surface area contributed by atoms with Crippen molar-refractivity contribution in [2.24, 2.45) is 0 Å². The van der Waals surface area contributed by atoms with Crippen molar-refractivity contribution < 1.29 is 4.79 Å². The molecule has 1 aromatic carbocycles. The van der Waals surface area contributed by atoms with E-state index in [-0.39, 0.29) is 5.78 Å². The summed E-state index contributed by atoms with van der Waals surface area (Å²) in [6, 6.07) is 7.57. The Morgan fingerprint density at radius 2 is 2.12 bits per heavy atom. The lowest BCUT2D eigenvalue weighted by molar-refractivity contribution is 0.0969. The van der Waals surface area contributed by atoms with Gasteiger partial charge in [-0.15, -0.1) is 0 Å². The minimum atomic E-state index is 0.212. The predicted octanol–water partition coefficient (Wildman–Crippen LogP) is 3.36. The molecule has 0 aliphatic rings. The molecule has 0 unspecified atom stereocenters. The molecule has 0 heterocycles. The van der Waals surface area contributed by atoms with Crippen molar-refractivity contribution in [3.8, 4) is 0 Å². The molecule has 1 rings (SSSR count). The normalized spacial score (nSPS) is 10.8. The number of benzene rings is 1. The maximum Gasteiger partial charge on any atom is 0.164 e. The molecule has 0 aromatic heterocycles. The Hall–Kier alpha value is -0.670. The molecule has 3 heteroatoms. The minimum absolute atomic E-state index is 0.212. The molecule has 0 atom stereocenters. The van der Waals surface area contributed by atoms with E-state index in [1.54, 1.807) is 0 Å². The first kappa shape index (κ1) is 13.4. The number of hydrogen-bond acceptors (Lipinski definition) is 2. The van der Waals surface area contributed by atoms with Crippen LogP contribution in [0.4, 0.5) is 0 Å². The fourth-order valence-electron chi connectivity index (χ4n) is 1.59. The van der Waals surface area contributed by atoms with Crippen LogP contribution in [0, 0.1) is 0 Å². The van der Waals surface area contributed by atoms with Crippen molar-refractivity contribution in [3.63, 3.8) is 0 Å². The van der Waals surface area contributed by atoms with Gasteiger partial charge in [0.25, 0.3) is 0 Å². The van der Waals surface area contributed by atoms with Gasteiger partial charge in [-0.2, -0.15) is 0 Å². The third-order valence-corrected chi connectivity index (χ3v) is 2.97. The van der Waals surface area contributed by atoms with Crippen molar-refractivity contribution in [3.05, 3.63) is 34.3 Å². The third kappa shape index (κ3) is 4.45. The number of hydrogen-bond donors (Lipinski definition) is 0. The predicted molar refractivity (Wildman–Crippen MR) is 70.9 cm³/mol. The van der Waals surface area contributed by atoms with E-state index in [0.29, 0.717) is 6.42 Å². The maximum absolute atomic E-state index is 11.9. The van der Waals surface area contributed by atoms with Gasteiger partial charge in [0.15, 0.2) is 5.78 Å². The van der Waals surface area contributed by atoms with Crippen LogP contribution in [0.2, 0.25) is 0 Å². The molecule has 0 amide bonds. The van der Waals surface area contributed by atoms with Crippen LogP contribution >= 0.6 is 15.9 Å². The molecule has 1 aromatic rings. The van der Waals surface area contributed by atoms with Crippen molar-refractivity contribution >= 4 is 21.7 Å². The van der Waals surface area contributed by atoms with Gasteiger partial charge in [-0.25, -0.2) is 0 Å². The van der Waals surface area contributed by atoms with Crippen LogP contribution in [0.3, 0.4) is 0 Å². The van der Waals surface area contributed by atoms with E-state index < -0.39 is 0 Å². The Labute approximate surface area is 106 Å². The number of rotatable bonds is 6. The van der Waals surface area contributed by atoms with Gasteiger partial charge >= 0.3 is 0 Å². The number of carbonyl (C=O) groups is 1. The summed E-state index contributed by atoms with van der Waals surface area (Å²) in [5, 5.41) is 0. The summed E-state index contributed by atoms with van der Waals surface area (Å²) in [5.41, 5.74) is 0.791. The smallest absolute Gasteiger partial charge is 0.164 e. The molecule has 0 aliphatic heterocycles. The van der Waals surface area contributed by atoms with Crippen LogP contribution in [0.1, 0.15) is 30.1 Å². The first-order chi connectivity index (χ1) is 7.63. The monoisotopic (exact) mass is 283 g/mol. The lowest BCUT2D eigenvalue weighted by Crippen LogP contribution is -2.22. The van der Waals surface area contributed by atoms with E-state index in [1.165, 1.54) is 0 Å². The third-order valence-electron chi connectivity index (χ3n) is 2.47. The molecule has 0 bridgehead atoms. The topological polar surface area (TPSA) is 20.3 Å². The van der Waals surface area contributed by atoms with Gasteiger partial charge in [0, 0.05) is 23.0 Å². The molecule has 0 radical (unpaired) electrons. The van der Waals surface area contributed by atoms with Crippen molar-refractivity contribution in [2.45, 2.75) is 19.8 Å². The molecule has 16 heavy (non-hydrogen) atoms. The number of carbonyl (C=O) groups excluding carboxylic acids is 1. The minimum Gasteiger partial charge on any atom is -0.306 e. The van der Waals surface area contributed by atoms with Crippen LogP contribution in [-0.2, 0) is 0 Å². The molecule has 0 saturated heterocycles. The first-order valence-electron chi connectivity index (χ1n) is 5.60. The first-order valence-corrected chi connectivity index (χ1v) is 6.40. The summed E-state index contributed by atoms with van der Waals surface area (Å²) in [5.74, 6) is 0.212. The Balaban J connectivity index is 2.47. The Morgan fingerprint density at radius 3 is 2.75 bits per heavy atom. The number of halogens is 1. The van der Waals surface area contributed by atoms with Crippen LogP contribution in [-0.4, -0.2) is 30.8 Å². The Kier molecular flexibility index (Phi) is 5.71.